The SMILES string of the molecule is CC(C)[C@@H](CO)NC(=O)Cc1n[nH]c(=O)c2ccccc12. The number of carbonyl (C=O) groups excluding carboxylic acids is 1. The van der Waals surface area contributed by atoms with Gasteiger partial charge in [-0.3, -0.25) is 9.59 Å². The highest BCUT2D eigenvalue weighted by Gasteiger charge is 2.17. The fourth-order valence-electron chi connectivity index (χ4n) is 2.14. The summed E-state index contributed by atoms with van der Waals surface area (Å²) in [5, 5.41) is 19.6. The van der Waals surface area contributed by atoms with E-state index in [0.29, 0.717) is 16.5 Å². The van der Waals surface area contributed by atoms with Gasteiger partial charge in [-0.15, -0.1) is 0 Å². The molecule has 1 atom stereocenters. The Morgan fingerprint density at radius 3 is 2.62 bits per heavy atom. The largest absolute Gasteiger partial charge is 0.394 e. The lowest BCUT2D eigenvalue weighted by molar-refractivity contribution is -0.121. The Bertz CT molecular complexity index is 694. The van der Waals surface area contributed by atoms with Crippen LogP contribution in [0.4, 0.5) is 0 Å². The third kappa shape index (κ3) is 3.46. The number of aromatic amines is 1. The highest BCUT2D eigenvalue weighted by molar-refractivity contribution is 5.88. The summed E-state index contributed by atoms with van der Waals surface area (Å²) in [6, 6.07) is 6.75. The van der Waals surface area contributed by atoms with Crippen molar-refractivity contribution in [3.63, 3.8) is 0 Å². The maximum absolute atomic E-state index is 12.1. The van der Waals surface area contributed by atoms with Crippen molar-refractivity contribution < 1.29 is 9.90 Å². The molecule has 2 rings (SSSR count). The number of aliphatic hydroxyl groups excluding tert-OH is 1. The van der Waals surface area contributed by atoms with Crippen LogP contribution in [0.5, 0.6) is 0 Å². The van der Waals surface area contributed by atoms with Gasteiger partial charge in [0.15, 0.2) is 0 Å². The molecule has 1 aromatic carbocycles. The van der Waals surface area contributed by atoms with E-state index in [4.69, 9.17) is 0 Å². The van der Waals surface area contributed by atoms with E-state index in [2.05, 4.69) is 15.5 Å². The number of hydrogen-bond donors (Lipinski definition) is 3. The van der Waals surface area contributed by atoms with Crippen LogP contribution < -0.4 is 10.9 Å². The van der Waals surface area contributed by atoms with Crippen molar-refractivity contribution in [3.8, 4) is 0 Å². The van der Waals surface area contributed by atoms with Crippen molar-refractivity contribution in [2.24, 2.45) is 5.92 Å². The fourth-order valence-corrected chi connectivity index (χ4v) is 2.14. The van der Waals surface area contributed by atoms with Gasteiger partial charge in [-0.25, -0.2) is 5.10 Å². The van der Waals surface area contributed by atoms with Gasteiger partial charge >= 0.3 is 0 Å². The van der Waals surface area contributed by atoms with Crippen molar-refractivity contribution in [2.45, 2.75) is 26.3 Å². The van der Waals surface area contributed by atoms with Crippen LogP contribution in [0.1, 0.15) is 19.5 Å². The number of carbonyl (C=O) groups is 1. The zero-order valence-corrected chi connectivity index (χ0v) is 12.1. The summed E-state index contributed by atoms with van der Waals surface area (Å²) in [5.74, 6) is -0.0910. The summed E-state index contributed by atoms with van der Waals surface area (Å²) in [7, 11) is 0. The molecule has 1 amide bonds. The number of aliphatic hydroxyl groups is 1. The van der Waals surface area contributed by atoms with Crippen molar-refractivity contribution in [1.29, 1.82) is 0 Å². The average molecular weight is 289 g/mol. The third-order valence-electron chi connectivity index (χ3n) is 3.45. The topological polar surface area (TPSA) is 95.1 Å². The Morgan fingerprint density at radius 2 is 2.00 bits per heavy atom. The summed E-state index contributed by atoms with van der Waals surface area (Å²) in [4.78, 5) is 23.7. The second kappa shape index (κ2) is 6.49. The maximum Gasteiger partial charge on any atom is 0.272 e. The quantitative estimate of drug-likeness (QED) is 0.751. The van der Waals surface area contributed by atoms with Gasteiger partial charge in [0.2, 0.25) is 5.91 Å². The zero-order valence-electron chi connectivity index (χ0n) is 12.1. The Kier molecular flexibility index (Phi) is 4.70. The Morgan fingerprint density at radius 1 is 1.33 bits per heavy atom. The second-order valence-corrected chi connectivity index (χ2v) is 5.32. The molecule has 0 saturated heterocycles. The Balaban J connectivity index is 2.22. The number of nitrogens with zero attached hydrogens (tertiary/aromatic N) is 1. The molecule has 0 aliphatic carbocycles. The molecule has 1 heterocycles. The number of nitrogens with one attached hydrogen (secondary N) is 2. The summed E-state index contributed by atoms with van der Waals surface area (Å²) in [6.45, 7) is 3.74. The number of amides is 1. The summed E-state index contributed by atoms with van der Waals surface area (Å²) >= 11 is 0. The van der Waals surface area contributed by atoms with Gasteiger partial charge in [-0.2, -0.15) is 5.10 Å². The molecule has 0 unspecified atom stereocenters. The van der Waals surface area contributed by atoms with E-state index in [1.807, 2.05) is 13.8 Å². The van der Waals surface area contributed by atoms with Gasteiger partial charge in [0.1, 0.15) is 0 Å². The van der Waals surface area contributed by atoms with Crippen LogP contribution in [0.2, 0.25) is 0 Å². The van der Waals surface area contributed by atoms with Gasteiger partial charge in [0.25, 0.3) is 5.56 Å². The standard InChI is InChI=1S/C15H19N3O3/c1-9(2)13(8-19)16-14(20)7-12-10-5-3-4-6-11(10)15(21)18-17-12/h3-6,9,13,19H,7-8H2,1-2H3,(H,16,20)(H,18,21)/t13-/m1/s1. The summed E-state index contributed by atoms with van der Waals surface area (Å²) in [5.41, 5.74) is 0.244. The zero-order chi connectivity index (χ0) is 15.4. The van der Waals surface area contributed by atoms with Gasteiger partial charge < -0.3 is 10.4 Å². The fraction of sp³-hybridized carbons (Fsp3) is 0.400. The van der Waals surface area contributed by atoms with Gasteiger partial charge in [-0.1, -0.05) is 32.0 Å². The number of benzene rings is 1. The molecule has 3 N–H and O–H groups in total. The smallest absolute Gasteiger partial charge is 0.272 e. The highest BCUT2D eigenvalue weighted by Crippen LogP contribution is 2.13. The van der Waals surface area contributed by atoms with E-state index in [1.54, 1.807) is 24.3 Å². The molecule has 0 aliphatic heterocycles. The Labute approximate surface area is 122 Å². The molecule has 6 heteroatoms. The lowest BCUT2D eigenvalue weighted by Crippen LogP contribution is -2.42. The Hall–Kier alpha value is -2.21. The first-order valence-electron chi connectivity index (χ1n) is 6.89. The molecule has 0 fully saturated rings. The van der Waals surface area contributed by atoms with Gasteiger partial charge in [-0.05, 0) is 12.0 Å². The van der Waals surface area contributed by atoms with E-state index in [0.717, 1.165) is 0 Å². The molecule has 112 valence electrons. The number of rotatable bonds is 5. The number of aromatic nitrogens is 2. The van der Waals surface area contributed by atoms with Crippen molar-refractivity contribution >= 4 is 16.7 Å². The first-order valence-corrected chi connectivity index (χ1v) is 6.89. The van der Waals surface area contributed by atoms with Crippen LogP contribution in [0.15, 0.2) is 29.1 Å². The second-order valence-electron chi connectivity index (χ2n) is 5.32. The van der Waals surface area contributed by atoms with Crippen LogP contribution in [0.25, 0.3) is 10.8 Å². The molecule has 2 aromatic rings. The minimum absolute atomic E-state index is 0.0561. The van der Waals surface area contributed by atoms with Gasteiger partial charge in [0, 0.05) is 5.39 Å². The normalized spacial score (nSPS) is 12.6. The molecule has 0 aliphatic rings. The van der Waals surface area contributed by atoms with E-state index in [-0.39, 0.29) is 36.5 Å². The van der Waals surface area contributed by atoms with E-state index in [1.165, 1.54) is 0 Å². The minimum Gasteiger partial charge on any atom is -0.394 e. The number of hydrogen-bond acceptors (Lipinski definition) is 4. The van der Waals surface area contributed by atoms with Crippen molar-refractivity contribution in [1.82, 2.24) is 15.5 Å². The third-order valence-corrected chi connectivity index (χ3v) is 3.45. The minimum atomic E-state index is -0.286. The summed E-state index contributed by atoms with van der Waals surface area (Å²) < 4.78 is 0. The first-order chi connectivity index (χ1) is 10.0. The van der Waals surface area contributed by atoms with E-state index < -0.39 is 0 Å². The van der Waals surface area contributed by atoms with Crippen LogP contribution >= 0.6 is 0 Å². The number of H-pyrrole nitrogens is 1. The molecule has 0 bridgehead atoms. The predicted molar refractivity (Wildman–Crippen MR) is 79.9 cm³/mol. The molecule has 0 saturated carbocycles. The van der Waals surface area contributed by atoms with Crippen LogP contribution in [-0.4, -0.2) is 33.9 Å². The number of fused-ring (bicyclic) bond motifs is 1. The van der Waals surface area contributed by atoms with Crippen molar-refractivity contribution in [3.05, 3.63) is 40.3 Å². The van der Waals surface area contributed by atoms with Gasteiger partial charge in [0.05, 0.1) is 30.1 Å². The molecule has 1 aromatic heterocycles. The lowest BCUT2D eigenvalue weighted by atomic mass is 10.0. The average Bonchev–Trinajstić information content (AvgIpc) is 2.47. The highest BCUT2D eigenvalue weighted by atomic mass is 16.3. The van der Waals surface area contributed by atoms with E-state index in [9.17, 15) is 14.7 Å². The molecule has 21 heavy (non-hydrogen) atoms. The van der Waals surface area contributed by atoms with E-state index >= 15 is 0 Å². The lowest BCUT2D eigenvalue weighted by Gasteiger charge is -2.19. The monoisotopic (exact) mass is 289 g/mol. The molecular weight excluding hydrogens is 270 g/mol. The molecular formula is C15H19N3O3. The maximum atomic E-state index is 12.1. The van der Waals surface area contributed by atoms with Crippen LogP contribution in [0, 0.1) is 5.92 Å². The molecule has 0 spiro atoms. The molecule has 0 radical (unpaired) electrons. The summed E-state index contributed by atoms with van der Waals surface area (Å²) in [6.07, 6.45) is 0.0561. The van der Waals surface area contributed by atoms with Crippen LogP contribution in [-0.2, 0) is 11.2 Å². The molecule has 6 nitrogen and oxygen atoms in total. The first kappa shape index (κ1) is 15.2. The van der Waals surface area contributed by atoms with Crippen molar-refractivity contribution in [2.75, 3.05) is 6.61 Å². The predicted octanol–water partition coefficient (Wildman–Crippen LogP) is 0.599. The van der Waals surface area contributed by atoms with Crippen LogP contribution in [0.3, 0.4) is 0 Å².